The number of anilines is 1. The summed E-state index contributed by atoms with van der Waals surface area (Å²) in [5.41, 5.74) is 1.04. The van der Waals surface area contributed by atoms with E-state index < -0.39 is 0 Å². The summed E-state index contributed by atoms with van der Waals surface area (Å²) in [6.45, 7) is 4.57. The molecule has 1 aromatic rings. The van der Waals surface area contributed by atoms with Gasteiger partial charge in [-0.05, 0) is 44.0 Å². The molecule has 2 aliphatic heterocycles. The number of hydrogen-bond donors (Lipinski definition) is 0. The number of fused-ring (bicyclic) bond motifs is 1. The van der Waals surface area contributed by atoms with E-state index in [2.05, 4.69) is 9.80 Å². The van der Waals surface area contributed by atoms with Crippen molar-refractivity contribution >= 4 is 5.69 Å². The van der Waals surface area contributed by atoms with Gasteiger partial charge in [0.2, 0.25) is 0 Å². The van der Waals surface area contributed by atoms with Crippen LogP contribution in [0.3, 0.4) is 0 Å². The molecule has 2 fully saturated rings. The summed E-state index contributed by atoms with van der Waals surface area (Å²) in [7, 11) is 0. The van der Waals surface area contributed by atoms with Crippen LogP contribution in [-0.2, 0) is 0 Å². The Balaban J connectivity index is 1.78. The van der Waals surface area contributed by atoms with E-state index in [-0.39, 0.29) is 5.82 Å². The Morgan fingerprint density at radius 3 is 2.88 bits per heavy atom. The molecular weight excluding hydrogens is 215 g/mol. The second-order valence-electron chi connectivity index (χ2n) is 5.11. The van der Waals surface area contributed by atoms with Crippen LogP contribution in [0.1, 0.15) is 19.3 Å². The van der Waals surface area contributed by atoms with E-state index in [0.717, 1.165) is 18.8 Å². The first-order valence-electron chi connectivity index (χ1n) is 6.57. The molecule has 2 nitrogen and oxygen atoms in total. The highest BCUT2D eigenvalue weighted by Crippen LogP contribution is 2.25. The predicted molar refractivity (Wildman–Crippen MR) is 67.8 cm³/mol. The van der Waals surface area contributed by atoms with Crippen molar-refractivity contribution in [3.05, 3.63) is 30.1 Å². The third-order valence-corrected chi connectivity index (χ3v) is 3.98. The number of benzene rings is 1. The van der Waals surface area contributed by atoms with Gasteiger partial charge in [-0.25, -0.2) is 4.39 Å². The Labute approximate surface area is 102 Å². The van der Waals surface area contributed by atoms with Crippen LogP contribution in [0.5, 0.6) is 0 Å². The molecule has 0 aromatic heterocycles. The molecule has 0 amide bonds. The fraction of sp³-hybridized carbons (Fsp3) is 0.571. The van der Waals surface area contributed by atoms with Gasteiger partial charge in [0.15, 0.2) is 0 Å². The van der Waals surface area contributed by atoms with Gasteiger partial charge in [-0.3, -0.25) is 4.90 Å². The maximum Gasteiger partial charge on any atom is 0.125 e. The molecule has 0 saturated carbocycles. The number of rotatable bonds is 1. The molecule has 92 valence electrons. The fourth-order valence-corrected chi connectivity index (χ4v) is 3.11. The molecule has 3 rings (SSSR count). The molecule has 1 unspecified atom stereocenters. The van der Waals surface area contributed by atoms with Gasteiger partial charge in [0.05, 0.1) is 0 Å². The maximum atomic E-state index is 13.3. The summed E-state index contributed by atoms with van der Waals surface area (Å²) in [6.07, 6.45) is 3.81. The molecular formula is C14H19FN2. The van der Waals surface area contributed by atoms with Gasteiger partial charge in [0.1, 0.15) is 5.82 Å². The van der Waals surface area contributed by atoms with Crippen molar-refractivity contribution in [2.24, 2.45) is 0 Å². The van der Waals surface area contributed by atoms with Crippen LogP contribution in [0, 0.1) is 5.82 Å². The lowest BCUT2D eigenvalue weighted by Crippen LogP contribution is -2.36. The highest BCUT2D eigenvalue weighted by atomic mass is 19.1. The van der Waals surface area contributed by atoms with Gasteiger partial charge in [-0.1, -0.05) is 6.07 Å². The van der Waals surface area contributed by atoms with Gasteiger partial charge < -0.3 is 4.90 Å². The quantitative estimate of drug-likeness (QED) is 0.736. The van der Waals surface area contributed by atoms with Crippen LogP contribution >= 0.6 is 0 Å². The standard InChI is InChI=1S/C14H19FN2/c15-12-4-1-5-13(10-12)17-9-3-8-16-7-2-6-14(16)11-17/h1,4-5,10,14H,2-3,6-9,11H2. The van der Waals surface area contributed by atoms with Gasteiger partial charge in [-0.2, -0.15) is 0 Å². The van der Waals surface area contributed by atoms with E-state index in [4.69, 9.17) is 0 Å². The summed E-state index contributed by atoms with van der Waals surface area (Å²) >= 11 is 0. The van der Waals surface area contributed by atoms with Crippen LogP contribution in [0.15, 0.2) is 24.3 Å². The van der Waals surface area contributed by atoms with Crippen molar-refractivity contribution < 1.29 is 4.39 Å². The van der Waals surface area contributed by atoms with Crippen molar-refractivity contribution in [3.8, 4) is 0 Å². The topological polar surface area (TPSA) is 6.48 Å². The lowest BCUT2D eigenvalue weighted by Gasteiger charge is -2.27. The zero-order chi connectivity index (χ0) is 11.7. The van der Waals surface area contributed by atoms with E-state index in [0.29, 0.717) is 6.04 Å². The normalized spacial score (nSPS) is 25.7. The third-order valence-electron chi connectivity index (χ3n) is 3.98. The number of nitrogens with zero attached hydrogens (tertiary/aromatic N) is 2. The summed E-state index contributed by atoms with van der Waals surface area (Å²) in [5, 5.41) is 0. The Kier molecular flexibility index (Phi) is 3.02. The van der Waals surface area contributed by atoms with Crippen molar-refractivity contribution in [2.75, 3.05) is 31.1 Å². The maximum absolute atomic E-state index is 13.3. The molecule has 1 aromatic carbocycles. The molecule has 2 aliphatic rings. The average molecular weight is 234 g/mol. The molecule has 0 N–H and O–H groups in total. The lowest BCUT2D eigenvalue weighted by molar-refractivity contribution is 0.273. The highest BCUT2D eigenvalue weighted by molar-refractivity contribution is 5.46. The number of halogens is 1. The van der Waals surface area contributed by atoms with Crippen LogP contribution in [0.25, 0.3) is 0 Å². The van der Waals surface area contributed by atoms with Crippen molar-refractivity contribution in [1.82, 2.24) is 4.90 Å². The first kappa shape index (κ1) is 11.0. The molecule has 0 bridgehead atoms. The SMILES string of the molecule is Fc1cccc(N2CCCN3CCCC3C2)c1. The Bertz CT molecular complexity index is 394. The molecule has 0 aliphatic carbocycles. The molecule has 2 saturated heterocycles. The Hall–Kier alpha value is -1.09. The van der Waals surface area contributed by atoms with Crippen molar-refractivity contribution in [1.29, 1.82) is 0 Å². The van der Waals surface area contributed by atoms with Crippen LogP contribution in [-0.4, -0.2) is 37.1 Å². The van der Waals surface area contributed by atoms with Crippen LogP contribution in [0.4, 0.5) is 10.1 Å². The molecule has 3 heteroatoms. The van der Waals surface area contributed by atoms with Crippen molar-refractivity contribution in [2.45, 2.75) is 25.3 Å². The van der Waals surface area contributed by atoms with Crippen LogP contribution < -0.4 is 4.90 Å². The second-order valence-corrected chi connectivity index (χ2v) is 5.11. The first-order chi connectivity index (χ1) is 8.33. The predicted octanol–water partition coefficient (Wildman–Crippen LogP) is 2.50. The lowest BCUT2D eigenvalue weighted by atomic mass is 10.2. The monoisotopic (exact) mass is 234 g/mol. The largest absolute Gasteiger partial charge is 0.370 e. The number of hydrogen-bond acceptors (Lipinski definition) is 2. The van der Waals surface area contributed by atoms with E-state index in [1.807, 2.05) is 12.1 Å². The Morgan fingerprint density at radius 1 is 1.12 bits per heavy atom. The smallest absolute Gasteiger partial charge is 0.125 e. The minimum Gasteiger partial charge on any atom is -0.370 e. The van der Waals surface area contributed by atoms with E-state index in [1.165, 1.54) is 38.4 Å². The van der Waals surface area contributed by atoms with Gasteiger partial charge in [-0.15, -0.1) is 0 Å². The zero-order valence-corrected chi connectivity index (χ0v) is 10.1. The molecule has 1 atom stereocenters. The van der Waals surface area contributed by atoms with E-state index in [1.54, 1.807) is 6.07 Å². The van der Waals surface area contributed by atoms with Crippen molar-refractivity contribution in [3.63, 3.8) is 0 Å². The Morgan fingerprint density at radius 2 is 2.00 bits per heavy atom. The van der Waals surface area contributed by atoms with E-state index in [9.17, 15) is 4.39 Å². The molecule has 0 spiro atoms. The molecule has 0 radical (unpaired) electrons. The van der Waals surface area contributed by atoms with Gasteiger partial charge in [0.25, 0.3) is 0 Å². The highest BCUT2D eigenvalue weighted by Gasteiger charge is 2.28. The summed E-state index contributed by atoms with van der Waals surface area (Å²) in [5.74, 6) is -0.130. The molecule has 17 heavy (non-hydrogen) atoms. The molecule has 2 heterocycles. The van der Waals surface area contributed by atoms with Gasteiger partial charge >= 0.3 is 0 Å². The third kappa shape index (κ3) is 2.29. The summed E-state index contributed by atoms with van der Waals surface area (Å²) in [6, 6.07) is 7.68. The average Bonchev–Trinajstić information content (AvgIpc) is 2.66. The second kappa shape index (κ2) is 4.65. The first-order valence-corrected chi connectivity index (χ1v) is 6.57. The minimum absolute atomic E-state index is 0.130. The minimum atomic E-state index is -0.130. The zero-order valence-electron chi connectivity index (χ0n) is 10.1. The van der Waals surface area contributed by atoms with Crippen LogP contribution in [0.2, 0.25) is 0 Å². The van der Waals surface area contributed by atoms with E-state index >= 15 is 0 Å². The fourth-order valence-electron chi connectivity index (χ4n) is 3.11. The summed E-state index contributed by atoms with van der Waals surface area (Å²) < 4.78 is 13.3. The summed E-state index contributed by atoms with van der Waals surface area (Å²) in [4.78, 5) is 4.94. The van der Waals surface area contributed by atoms with Gasteiger partial charge in [0, 0.05) is 31.4 Å².